The summed E-state index contributed by atoms with van der Waals surface area (Å²) >= 11 is 0. The van der Waals surface area contributed by atoms with E-state index in [1.165, 1.54) is 0 Å². The number of carbonyl (C=O) groups is 3. The Balaban J connectivity index is 4.74. The summed E-state index contributed by atoms with van der Waals surface area (Å²) in [5.41, 5.74) is 5.00. The van der Waals surface area contributed by atoms with Crippen molar-refractivity contribution in [1.82, 2.24) is 26.4 Å². The molecule has 0 saturated heterocycles. The molecule has 8 N–H and O–H groups in total. The number of urea groups is 1. The summed E-state index contributed by atoms with van der Waals surface area (Å²) in [5, 5.41) is 13.1. The molecule has 12 heteroatoms. The number of likely N-dealkylation sites (N-methyl/N-ethyl adjacent to an activating group) is 1. The first-order valence-electron chi connectivity index (χ1n) is 8.82. The van der Waals surface area contributed by atoms with Crippen LogP contribution in [0.15, 0.2) is 0 Å². The van der Waals surface area contributed by atoms with Crippen LogP contribution in [0.25, 0.3) is 0 Å². The molecule has 0 aromatic heterocycles. The first kappa shape index (κ1) is 25.3. The molecular weight excluding hydrogens is 375 g/mol. The highest BCUT2D eigenvalue weighted by Gasteiger charge is 2.26. The normalized spacial score (nSPS) is 15.5. The SMILES string of the molecule is CN[C@H](C(=O)N[C@@H](CCCNC(N)=O)C(=O)NCCNP(C)(=O)O)C(C)C. The molecule has 0 heterocycles. The van der Waals surface area contributed by atoms with E-state index in [0.717, 1.165) is 6.66 Å². The van der Waals surface area contributed by atoms with Crippen molar-refractivity contribution in [2.75, 3.05) is 33.3 Å². The molecule has 0 saturated carbocycles. The van der Waals surface area contributed by atoms with Gasteiger partial charge in [-0.25, -0.2) is 9.88 Å². The number of nitrogens with two attached hydrogens (primary N) is 1. The van der Waals surface area contributed by atoms with E-state index in [1.54, 1.807) is 7.05 Å². The summed E-state index contributed by atoms with van der Waals surface area (Å²) in [6.07, 6.45) is 0.734. The Morgan fingerprint density at radius 1 is 1.07 bits per heavy atom. The number of carbonyl (C=O) groups excluding carboxylic acids is 3. The number of primary amides is 1. The van der Waals surface area contributed by atoms with E-state index in [4.69, 9.17) is 10.6 Å². The van der Waals surface area contributed by atoms with E-state index in [2.05, 4.69) is 26.4 Å². The van der Waals surface area contributed by atoms with Gasteiger partial charge in [-0.1, -0.05) is 13.8 Å². The molecule has 0 spiro atoms. The first-order valence-corrected chi connectivity index (χ1v) is 10.9. The van der Waals surface area contributed by atoms with Gasteiger partial charge in [-0.15, -0.1) is 0 Å². The Labute approximate surface area is 160 Å². The molecule has 0 bridgehead atoms. The van der Waals surface area contributed by atoms with Crippen LogP contribution < -0.4 is 32.1 Å². The lowest BCUT2D eigenvalue weighted by atomic mass is 10.0. The third kappa shape index (κ3) is 12.4. The summed E-state index contributed by atoms with van der Waals surface area (Å²) in [6, 6.07) is -1.91. The van der Waals surface area contributed by atoms with E-state index < -0.39 is 31.5 Å². The maximum Gasteiger partial charge on any atom is 0.312 e. The van der Waals surface area contributed by atoms with Crippen molar-refractivity contribution < 1.29 is 23.8 Å². The van der Waals surface area contributed by atoms with Gasteiger partial charge in [0.05, 0.1) is 6.04 Å². The fourth-order valence-electron chi connectivity index (χ4n) is 2.39. The molecule has 0 radical (unpaired) electrons. The molecule has 27 heavy (non-hydrogen) atoms. The lowest BCUT2D eigenvalue weighted by molar-refractivity contribution is -0.130. The standard InChI is InChI=1S/C15H33N6O5P/c1-10(2)12(17-3)14(23)21-11(6-5-7-19-15(16)24)13(22)18-8-9-20-27(4,25)26/h10-12,17H,5-9H2,1-4H3,(H,18,22)(H,21,23)(H3,16,19,24)(H2,20,25,26)/t11-,12-/m0/s1. The van der Waals surface area contributed by atoms with Crippen LogP contribution in [0.2, 0.25) is 0 Å². The average molecular weight is 408 g/mol. The minimum Gasteiger partial charge on any atom is -0.353 e. The second kappa shape index (κ2) is 12.7. The second-order valence-corrected chi connectivity index (χ2v) is 8.66. The Kier molecular flexibility index (Phi) is 11.9. The van der Waals surface area contributed by atoms with Crippen LogP contribution in [0.4, 0.5) is 4.79 Å². The van der Waals surface area contributed by atoms with Crippen molar-refractivity contribution in [2.24, 2.45) is 11.7 Å². The predicted octanol–water partition coefficient (Wildman–Crippen LogP) is -1.32. The van der Waals surface area contributed by atoms with Crippen LogP contribution in [0.1, 0.15) is 26.7 Å². The summed E-state index contributed by atoms with van der Waals surface area (Å²) < 4.78 is 11.2. The van der Waals surface area contributed by atoms with Gasteiger partial charge >= 0.3 is 6.03 Å². The third-order valence-corrected chi connectivity index (χ3v) is 4.50. The highest BCUT2D eigenvalue weighted by molar-refractivity contribution is 7.54. The average Bonchev–Trinajstić information content (AvgIpc) is 2.53. The van der Waals surface area contributed by atoms with Crippen LogP contribution in [-0.2, 0) is 14.2 Å². The summed E-state index contributed by atoms with van der Waals surface area (Å²) in [7, 11) is -1.70. The molecule has 0 rings (SSSR count). The molecule has 158 valence electrons. The van der Waals surface area contributed by atoms with Crippen molar-refractivity contribution in [1.29, 1.82) is 0 Å². The highest BCUT2D eigenvalue weighted by Crippen LogP contribution is 2.27. The third-order valence-electron chi connectivity index (χ3n) is 3.69. The van der Waals surface area contributed by atoms with Gasteiger partial charge in [-0.3, -0.25) is 14.2 Å². The van der Waals surface area contributed by atoms with Gasteiger partial charge in [0, 0.05) is 26.3 Å². The highest BCUT2D eigenvalue weighted by atomic mass is 31.2. The fourth-order valence-corrected chi connectivity index (χ4v) is 2.91. The molecule has 11 nitrogen and oxygen atoms in total. The Hall–Kier alpha value is -1.68. The monoisotopic (exact) mass is 408 g/mol. The van der Waals surface area contributed by atoms with Crippen LogP contribution in [0, 0.1) is 5.92 Å². The smallest absolute Gasteiger partial charge is 0.312 e. The maximum absolute atomic E-state index is 12.4. The molecule has 0 aromatic rings. The molecule has 0 aliphatic carbocycles. The van der Waals surface area contributed by atoms with E-state index in [9.17, 15) is 18.9 Å². The van der Waals surface area contributed by atoms with Gasteiger partial charge in [0.25, 0.3) is 7.52 Å². The van der Waals surface area contributed by atoms with Gasteiger partial charge in [0.2, 0.25) is 11.8 Å². The van der Waals surface area contributed by atoms with Crippen LogP contribution >= 0.6 is 7.52 Å². The number of hydrogen-bond donors (Lipinski definition) is 7. The van der Waals surface area contributed by atoms with Crippen LogP contribution in [0.5, 0.6) is 0 Å². The molecule has 0 aromatic carbocycles. The van der Waals surface area contributed by atoms with Crippen molar-refractivity contribution in [2.45, 2.75) is 38.8 Å². The van der Waals surface area contributed by atoms with Gasteiger partial charge in [0.1, 0.15) is 6.04 Å². The summed E-state index contributed by atoms with van der Waals surface area (Å²) in [5.74, 6) is -0.684. The molecule has 0 aliphatic rings. The lowest BCUT2D eigenvalue weighted by Crippen LogP contribution is -2.54. The Morgan fingerprint density at radius 2 is 1.70 bits per heavy atom. The van der Waals surface area contributed by atoms with E-state index in [-0.39, 0.29) is 31.5 Å². The molecule has 0 aliphatic heterocycles. The number of rotatable bonds is 13. The zero-order chi connectivity index (χ0) is 21.0. The van der Waals surface area contributed by atoms with Gasteiger partial charge < -0.3 is 31.9 Å². The van der Waals surface area contributed by atoms with Crippen LogP contribution in [-0.4, -0.2) is 68.2 Å². The number of nitrogens with one attached hydrogen (secondary N) is 5. The predicted molar refractivity (Wildman–Crippen MR) is 103 cm³/mol. The molecule has 3 atom stereocenters. The van der Waals surface area contributed by atoms with Crippen molar-refractivity contribution >= 4 is 25.4 Å². The summed E-state index contributed by atoms with van der Waals surface area (Å²) in [4.78, 5) is 44.7. The van der Waals surface area contributed by atoms with Gasteiger partial charge in [-0.05, 0) is 25.8 Å². The topological polar surface area (TPSA) is 175 Å². The second-order valence-electron chi connectivity index (χ2n) is 6.58. The minimum absolute atomic E-state index is 0.0303. The molecular formula is C15H33N6O5P. The molecule has 4 amide bonds. The number of amides is 4. The van der Waals surface area contributed by atoms with E-state index >= 15 is 0 Å². The zero-order valence-corrected chi connectivity index (χ0v) is 17.3. The molecule has 0 fully saturated rings. The van der Waals surface area contributed by atoms with Gasteiger partial charge in [-0.2, -0.15) is 0 Å². The van der Waals surface area contributed by atoms with Crippen molar-refractivity contribution in [3.63, 3.8) is 0 Å². The quantitative estimate of drug-likeness (QED) is 0.146. The van der Waals surface area contributed by atoms with Gasteiger partial charge in [0.15, 0.2) is 0 Å². The van der Waals surface area contributed by atoms with E-state index in [1.807, 2.05) is 13.8 Å². The van der Waals surface area contributed by atoms with E-state index in [0.29, 0.717) is 12.8 Å². The first-order chi connectivity index (χ1) is 12.5. The number of hydrogen-bond acceptors (Lipinski definition) is 5. The lowest BCUT2D eigenvalue weighted by Gasteiger charge is -2.24. The van der Waals surface area contributed by atoms with Crippen molar-refractivity contribution in [3.05, 3.63) is 0 Å². The Bertz CT molecular complexity index is 539. The van der Waals surface area contributed by atoms with Crippen molar-refractivity contribution in [3.8, 4) is 0 Å². The van der Waals surface area contributed by atoms with Crippen LogP contribution in [0.3, 0.4) is 0 Å². The maximum atomic E-state index is 12.4. The molecule has 1 unspecified atom stereocenters. The summed E-state index contributed by atoms with van der Waals surface area (Å²) in [6.45, 7) is 5.45. The fraction of sp³-hybridized carbons (Fsp3) is 0.800. The largest absolute Gasteiger partial charge is 0.353 e. The Morgan fingerprint density at radius 3 is 2.19 bits per heavy atom. The zero-order valence-electron chi connectivity index (χ0n) is 16.4. The minimum atomic E-state index is -3.36.